The molecule has 0 amide bonds. The lowest BCUT2D eigenvalue weighted by Gasteiger charge is -2.05. The fraction of sp³-hybridized carbons (Fsp3) is 0. The summed E-state index contributed by atoms with van der Waals surface area (Å²) in [5.41, 5.74) is -0.980. The molecular weight excluding hydrogens is 261 g/mol. The quantitative estimate of drug-likeness (QED) is 0.656. The molecule has 0 spiro atoms. The van der Waals surface area contributed by atoms with Gasteiger partial charge in [-0.3, -0.25) is 15.0 Å². The molecule has 0 aliphatic rings. The summed E-state index contributed by atoms with van der Waals surface area (Å²) in [5.74, 6) is -0.881. The van der Waals surface area contributed by atoms with Crippen molar-refractivity contribution >= 4 is 10.7 Å². The van der Waals surface area contributed by atoms with Gasteiger partial charge in [-0.2, -0.15) is 0 Å². The van der Waals surface area contributed by atoms with E-state index in [2.05, 4.69) is 0 Å². The lowest BCUT2D eigenvalue weighted by atomic mass is 10.3. The molecule has 0 unspecified atom stereocenters. The summed E-state index contributed by atoms with van der Waals surface area (Å²) in [4.78, 5) is 13.6. The maximum Gasteiger partial charge on any atom is 0.331 e. The molecule has 0 aliphatic carbocycles. The number of benzene rings is 1. The molecule has 0 fully saturated rings. The van der Waals surface area contributed by atoms with Crippen molar-refractivity contribution in [3.63, 3.8) is 0 Å². The van der Waals surface area contributed by atoms with Crippen LogP contribution in [-0.4, -0.2) is 18.0 Å². The lowest BCUT2D eigenvalue weighted by molar-refractivity contribution is 0.576. The van der Waals surface area contributed by atoms with Crippen LogP contribution in [0.1, 0.15) is 0 Å². The van der Waals surface area contributed by atoms with Crippen molar-refractivity contribution in [1.82, 2.24) is 9.55 Å². The molecule has 0 saturated carbocycles. The van der Waals surface area contributed by atoms with Gasteiger partial charge in [-0.25, -0.2) is 17.6 Å². The van der Waals surface area contributed by atoms with Gasteiger partial charge in [0.2, 0.25) is 0 Å². The van der Waals surface area contributed by atoms with Crippen LogP contribution in [0, 0.1) is 11.2 Å². The number of aromatic nitrogens is 2. The lowest BCUT2D eigenvalue weighted by Crippen LogP contribution is -2.30. The smallest absolute Gasteiger partial charge is 0.290 e. The number of hydrogen-bond acceptors (Lipinski definition) is 4. The predicted molar refractivity (Wildman–Crippen MR) is 60.8 cm³/mol. The summed E-state index contributed by atoms with van der Waals surface area (Å²) in [5, 5.41) is 7.09. The number of nitrogens with one attached hydrogen (secondary N) is 2. The number of nitrogens with zero attached hydrogens (tertiary/aromatic N) is 1. The first kappa shape index (κ1) is 12.2. The van der Waals surface area contributed by atoms with Crippen molar-refractivity contribution in [2.75, 3.05) is 0 Å². The van der Waals surface area contributed by atoms with Crippen molar-refractivity contribution in [3.05, 3.63) is 52.3 Å². The first-order chi connectivity index (χ1) is 8.49. The van der Waals surface area contributed by atoms with Crippen LogP contribution in [-0.2, 0) is 10.7 Å². The largest absolute Gasteiger partial charge is 0.331 e. The molecular formula is C10H8FN3O3S. The topological polar surface area (TPSA) is 95.8 Å². The minimum atomic E-state index is -2.70. The van der Waals surface area contributed by atoms with Crippen LogP contribution in [0.25, 0.3) is 5.69 Å². The second-order valence-corrected chi connectivity index (χ2v) is 4.46. The Labute approximate surface area is 102 Å². The number of hydrogen-bond donors (Lipinski definition) is 3. The molecule has 2 N–H and O–H groups in total. The van der Waals surface area contributed by atoms with Crippen LogP contribution in [0.3, 0.4) is 0 Å². The van der Waals surface area contributed by atoms with Crippen LogP contribution < -0.4 is 11.2 Å². The minimum absolute atomic E-state index is 0.100. The summed E-state index contributed by atoms with van der Waals surface area (Å²) in [7, 11) is -2.70. The average molecular weight is 269 g/mol. The molecule has 2 rings (SSSR count). The molecule has 8 heteroatoms. The van der Waals surface area contributed by atoms with Gasteiger partial charge in [-0.05, 0) is 24.3 Å². The second kappa shape index (κ2) is 4.57. The van der Waals surface area contributed by atoms with Crippen molar-refractivity contribution in [2.45, 2.75) is 4.90 Å². The van der Waals surface area contributed by atoms with Gasteiger partial charge in [-0.1, -0.05) is 0 Å². The van der Waals surface area contributed by atoms with Gasteiger partial charge in [0.05, 0.1) is 16.8 Å². The Morgan fingerprint density at radius 2 is 1.83 bits per heavy atom. The number of thiol groups is 1. The maximum absolute atomic E-state index is 13.2. The van der Waals surface area contributed by atoms with Crippen LogP contribution in [0.4, 0.5) is 4.39 Å². The van der Waals surface area contributed by atoms with Crippen molar-refractivity contribution < 1.29 is 12.8 Å². The monoisotopic (exact) mass is 269 g/mol. The van der Waals surface area contributed by atoms with E-state index in [-0.39, 0.29) is 4.90 Å². The molecule has 94 valence electrons. The summed E-state index contributed by atoms with van der Waals surface area (Å²) in [6.07, 6.45) is 0.868. The molecule has 1 aromatic carbocycles. The minimum Gasteiger partial charge on any atom is -0.290 e. The highest BCUT2D eigenvalue weighted by atomic mass is 32.2. The highest BCUT2D eigenvalue weighted by molar-refractivity contribution is 7.72. The number of aromatic amines is 1. The Morgan fingerprint density at radius 1 is 1.22 bits per heavy atom. The van der Waals surface area contributed by atoms with E-state index < -0.39 is 27.7 Å². The normalized spacial score (nSPS) is 10.8. The molecule has 1 heterocycles. The van der Waals surface area contributed by atoms with Crippen molar-refractivity contribution in [2.24, 2.45) is 0 Å². The Kier molecular flexibility index (Phi) is 3.11. The summed E-state index contributed by atoms with van der Waals surface area (Å²) in [6.45, 7) is 0. The first-order valence-electron chi connectivity index (χ1n) is 4.80. The van der Waals surface area contributed by atoms with Crippen LogP contribution in [0.15, 0.2) is 40.2 Å². The molecule has 0 atom stereocenters. The molecule has 2 aromatic rings. The number of H-pyrrole nitrogens is 1. The third-order valence-electron chi connectivity index (χ3n) is 2.27. The fourth-order valence-electron chi connectivity index (χ4n) is 1.39. The third-order valence-corrected chi connectivity index (χ3v) is 2.99. The van der Waals surface area contributed by atoms with E-state index in [4.69, 9.17) is 5.41 Å². The molecule has 1 aromatic heterocycles. The molecule has 0 radical (unpaired) electrons. The van der Waals surface area contributed by atoms with Gasteiger partial charge in [0, 0.05) is 0 Å². The Hall–Kier alpha value is -2.22. The van der Waals surface area contributed by atoms with Crippen LogP contribution in [0.5, 0.6) is 0 Å². The van der Waals surface area contributed by atoms with Gasteiger partial charge in [0.15, 0.2) is 22.0 Å². The molecule has 6 nitrogen and oxygen atoms in total. The molecule has 0 bridgehead atoms. The van der Waals surface area contributed by atoms with E-state index in [1.807, 2.05) is 4.98 Å². The summed E-state index contributed by atoms with van der Waals surface area (Å²) in [6, 6.07) is 5.36. The molecule has 0 aliphatic heterocycles. The van der Waals surface area contributed by atoms with Gasteiger partial charge >= 0.3 is 5.69 Å². The zero-order valence-electron chi connectivity index (χ0n) is 8.88. The van der Waals surface area contributed by atoms with E-state index in [9.17, 15) is 17.6 Å². The van der Waals surface area contributed by atoms with Gasteiger partial charge in [-0.15, -0.1) is 0 Å². The van der Waals surface area contributed by atoms with Crippen LogP contribution >= 0.6 is 0 Å². The van der Waals surface area contributed by atoms with Gasteiger partial charge < -0.3 is 0 Å². The van der Waals surface area contributed by atoms with E-state index >= 15 is 0 Å². The van der Waals surface area contributed by atoms with E-state index in [1.165, 1.54) is 24.3 Å². The third kappa shape index (κ3) is 2.23. The zero-order valence-corrected chi connectivity index (χ0v) is 9.78. The summed E-state index contributed by atoms with van der Waals surface area (Å²) >= 11 is 0. The highest BCUT2D eigenvalue weighted by Crippen LogP contribution is 2.08. The zero-order chi connectivity index (χ0) is 13.3. The van der Waals surface area contributed by atoms with Gasteiger partial charge in [0.1, 0.15) is 0 Å². The van der Waals surface area contributed by atoms with E-state index in [0.29, 0.717) is 5.69 Å². The predicted octanol–water partition coefficient (Wildman–Crippen LogP) is -0.246. The molecule has 0 saturated heterocycles. The Morgan fingerprint density at radius 3 is 2.39 bits per heavy atom. The Bertz CT molecular complexity index is 766. The van der Waals surface area contributed by atoms with E-state index in [1.54, 1.807) is 0 Å². The fourth-order valence-corrected chi connectivity index (χ4v) is 1.78. The van der Waals surface area contributed by atoms with E-state index in [0.717, 1.165) is 10.8 Å². The Balaban J connectivity index is 2.59. The SMILES string of the molecule is N=c1[nH]c(=O)n(-c2ccc([SH](=O)=O)cc2)cc1F. The average Bonchev–Trinajstić information content (AvgIpc) is 2.34. The number of rotatable bonds is 2. The van der Waals surface area contributed by atoms with Crippen molar-refractivity contribution in [1.29, 1.82) is 5.41 Å². The van der Waals surface area contributed by atoms with Crippen molar-refractivity contribution in [3.8, 4) is 5.69 Å². The second-order valence-electron chi connectivity index (χ2n) is 3.43. The molecule has 18 heavy (non-hydrogen) atoms. The number of halogens is 1. The maximum atomic E-state index is 13.2. The standard InChI is InChI=1S/C10H8FN3O3S/c11-8-5-14(10(15)13-9(8)12)6-1-3-7(4-2-6)18(16)17/h1-5,18H,(H2,12,13,15). The van der Waals surface area contributed by atoms with Crippen LogP contribution in [0.2, 0.25) is 0 Å². The van der Waals surface area contributed by atoms with Gasteiger partial charge in [0.25, 0.3) is 0 Å². The first-order valence-corrected chi connectivity index (χ1v) is 5.97. The summed E-state index contributed by atoms with van der Waals surface area (Å²) < 4.78 is 35.5. The highest BCUT2D eigenvalue weighted by Gasteiger charge is 2.04.